The number of benzene rings is 1. The topological polar surface area (TPSA) is 76.5 Å². The number of hydrogen-bond donors (Lipinski definition) is 1. The van der Waals surface area contributed by atoms with Crippen molar-refractivity contribution >= 4 is 11.6 Å². The van der Waals surface area contributed by atoms with E-state index >= 15 is 0 Å². The Bertz CT molecular complexity index is 845. The number of carbonyl (C=O) groups excluding carboxylic acids is 1. The van der Waals surface area contributed by atoms with E-state index in [1.807, 2.05) is 0 Å². The first kappa shape index (κ1) is 20.0. The van der Waals surface area contributed by atoms with Crippen LogP contribution in [0.5, 0.6) is 0 Å². The van der Waals surface area contributed by atoms with Crippen LogP contribution >= 0.6 is 0 Å². The fourth-order valence-electron chi connectivity index (χ4n) is 3.29. The molecule has 1 aromatic carbocycles. The van der Waals surface area contributed by atoms with Crippen molar-refractivity contribution in [3.63, 3.8) is 0 Å². The van der Waals surface area contributed by atoms with E-state index in [0.717, 1.165) is 37.2 Å². The number of ether oxygens (including phenoxy) is 1. The Morgan fingerprint density at radius 3 is 2.64 bits per heavy atom. The number of carbonyl (C=O) groups is 1. The van der Waals surface area contributed by atoms with Gasteiger partial charge in [-0.05, 0) is 30.5 Å². The van der Waals surface area contributed by atoms with Crippen LogP contribution < -0.4 is 15.8 Å². The number of hydrogen-bond acceptors (Lipinski definition) is 5. The molecule has 1 saturated heterocycles. The SMILES string of the molecule is COCCn1ncc(N2CCC(NC(=O)Cc3ccc(F)cc3)CC2)cc1=O. The number of nitrogens with one attached hydrogen (secondary N) is 1. The Hall–Kier alpha value is -2.74. The molecule has 1 N–H and O–H groups in total. The van der Waals surface area contributed by atoms with Gasteiger partial charge in [0.25, 0.3) is 5.56 Å². The van der Waals surface area contributed by atoms with Gasteiger partial charge in [-0.2, -0.15) is 5.10 Å². The highest BCUT2D eigenvalue weighted by Crippen LogP contribution is 2.18. The van der Waals surface area contributed by atoms with Gasteiger partial charge in [0.15, 0.2) is 0 Å². The quantitative estimate of drug-likeness (QED) is 0.775. The maximum atomic E-state index is 12.9. The first-order valence-electron chi connectivity index (χ1n) is 9.40. The Morgan fingerprint density at radius 2 is 2.00 bits per heavy atom. The van der Waals surface area contributed by atoms with Crippen molar-refractivity contribution < 1.29 is 13.9 Å². The van der Waals surface area contributed by atoms with Crippen LogP contribution in [0, 0.1) is 5.82 Å². The van der Waals surface area contributed by atoms with E-state index in [9.17, 15) is 14.0 Å². The predicted molar refractivity (Wildman–Crippen MR) is 104 cm³/mol. The summed E-state index contributed by atoms with van der Waals surface area (Å²) in [5.74, 6) is -0.371. The summed E-state index contributed by atoms with van der Waals surface area (Å²) in [7, 11) is 1.59. The van der Waals surface area contributed by atoms with E-state index in [-0.39, 0.29) is 29.7 Å². The van der Waals surface area contributed by atoms with Gasteiger partial charge in [-0.15, -0.1) is 0 Å². The van der Waals surface area contributed by atoms with Gasteiger partial charge < -0.3 is 15.0 Å². The minimum Gasteiger partial charge on any atom is -0.383 e. The molecule has 7 nitrogen and oxygen atoms in total. The number of anilines is 1. The van der Waals surface area contributed by atoms with Gasteiger partial charge in [0.1, 0.15) is 5.82 Å². The summed E-state index contributed by atoms with van der Waals surface area (Å²) in [5, 5.41) is 7.24. The van der Waals surface area contributed by atoms with Gasteiger partial charge in [0.05, 0.1) is 31.5 Å². The van der Waals surface area contributed by atoms with Crippen molar-refractivity contribution in [1.82, 2.24) is 15.1 Å². The first-order chi connectivity index (χ1) is 13.5. The lowest BCUT2D eigenvalue weighted by molar-refractivity contribution is -0.121. The van der Waals surface area contributed by atoms with E-state index in [0.29, 0.717) is 13.2 Å². The zero-order valence-corrected chi connectivity index (χ0v) is 15.9. The number of aromatic nitrogens is 2. The second-order valence-corrected chi connectivity index (χ2v) is 6.90. The minimum absolute atomic E-state index is 0.0625. The number of halogens is 1. The smallest absolute Gasteiger partial charge is 0.268 e. The zero-order valence-electron chi connectivity index (χ0n) is 15.9. The van der Waals surface area contributed by atoms with Crippen molar-refractivity contribution in [1.29, 1.82) is 0 Å². The largest absolute Gasteiger partial charge is 0.383 e. The van der Waals surface area contributed by atoms with E-state index in [2.05, 4.69) is 15.3 Å². The summed E-state index contributed by atoms with van der Waals surface area (Å²) in [6.07, 6.45) is 3.53. The standard InChI is InChI=1S/C20H25FN4O3/c1-28-11-10-25-20(27)13-18(14-22-25)24-8-6-17(7-9-24)23-19(26)12-15-2-4-16(21)5-3-15/h2-5,13-14,17H,6-12H2,1H3,(H,23,26). The van der Waals surface area contributed by atoms with Crippen molar-refractivity contribution in [2.24, 2.45) is 0 Å². The molecule has 1 aliphatic rings. The summed E-state index contributed by atoms with van der Waals surface area (Å²) in [5.41, 5.74) is 1.44. The Morgan fingerprint density at radius 1 is 1.29 bits per heavy atom. The Labute approximate surface area is 163 Å². The van der Waals surface area contributed by atoms with Crippen molar-refractivity contribution in [2.75, 3.05) is 31.7 Å². The van der Waals surface area contributed by atoms with Gasteiger partial charge >= 0.3 is 0 Å². The van der Waals surface area contributed by atoms with E-state index < -0.39 is 0 Å². The summed E-state index contributed by atoms with van der Waals surface area (Å²) in [4.78, 5) is 26.4. The van der Waals surface area contributed by atoms with Crippen molar-refractivity contribution in [2.45, 2.75) is 31.8 Å². The molecule has 0 unspecified atom stereocenters. The fourth-order valence-corrected chi connectivity index (χ4v) is 3.29. The molecular weight excluding hydrogens is 363 g/mol. The molecule has 1 aliphatic heterocycles. The van der Waals surface area contributed by atoms with Gasteiger partial charge in [0.2, 0.25) is 5.91 Å². The second kappa shape index (κ2) is 9.45. The lowest BCUT2D eigenvalue weighted by Gasteiger charge is -2.33. The average molecular weight is 388 g/mol. The normalized spacial score (nSPS) is 14.9. The molecule has 1 aromatic heterocycles. The van der Waals surface area contributed by atoms with Crippen LogP contribution in [0.2, 0.25) is 0 Å². The Kier molecular flexibility index (Phi) is 6.76. The van der Waals surface area contributed by atoms with Crippen molar-refractivity contribution in [3.05, 3.63) is 58.3 Å². The summed E-state index contributed by atoms with van der Waals surface area (Å²) >= 11 is 0. The van der Waals surface area contributed by atoms with Crippen LogP contribution in [-0.4, -0.2) is 48.5 Å². The van der Waals surface area contributed by atoms with Crippen LogP contribution in [-0.2, 0) is 22.5 Å². The third-order valence-corrected chi connectivity index (χ3v) is 4.87. The molecule has 3 rings (SSSR count). The van der Waals surface area contributed by atoms with E-state index in [4.69, 9.17) is 4.74 Å². The summed E-state index contributed by atoms with van der Waals surface area (Å²) < 4.78 is 19.3. The van der Waals surface area contributed by atoms with Crippen LogP contribution in [0.15, 0.2) is 41.3 Å². The molecule has 0 spiro atoms. The molecule has 28 heavy (non-hydrogen) atoms. The molecule has 0 radical (unpaired) electrons. The lowest BCUT2D eigenvalue weighted by atomic mass is 10.0. The van der Waals surface area contributed by atoms with E-state index in [1.165, 1.54) is 16.8 Å². The maximum absolute atomic E-state index is 12.9. The third kappa shape index (κ3) is 5.39. The van der Waals surface area contributed by atoms with Crippen LogP contribution in [0.25, 0.3) is 0 Å². The maximum Gasteiger partial charge on any atom is 0.268 e. The molecule has 2 heterocycles. The van der Waals surface area contributed by atoms with Gasteiger partial charge in [-0.1, -0.05) is 12.1 Å². The fraction of sp³-hybridized carbons (Fsp3) is 0.450. The summed E-state index contributed by atoms with van der Waals surface area (Å²) in [6.45, 7) is 2.35. The van der Waals surface area contributed by atoms with Crippen molar-refractivity contribution in [3.8, 4) is 0 Å². The minimum atomic E-state index is -0.308. The van der Waals surface area contributed by atoms with Gasteiger partial charge in [-0.3, -0.25) is 9.59 Å². The Balaban J connectivity index is 1.48. The molecule has 0 saturated carbocycles. The van der Waals surface area contributed by atoms with Gasteiger partial charge in [-0.25, -0.2) is 9.07 Å². The highest BCUT2D eigenvalue weighted by Gasteiger charge is 2.21. The molecule has 1 amide bonds. The van der Waals surface area contributed by atoms with Crippen LogP contribution in [0.4, 0.5) is 10.1 Å². The molecule has 2 aromatic rings. The number of nitrogens with zero attached hydrogens (tertiary/aromatic N) is 3. The monoisotopic (exact) mass is 388 g/mol. The molecule has 8 heteroatoms. The zero-order chi connectivity index (χ0) is 19.9. The van der Waals surface area contributed by atoms with E-state index in [1.54, 1.807) is 31.5 Å². The molecule has 150 valence electrons. The van der Waals surface area contributed by atoms with Gasteiger partial charge in [0, 0.05) is 32.3 Å². The van der Waals surface area contributed by atoms with Crippen LogP contribution in [0.3, 0.4) is 0 Å². The third-order valence-electron chi connectivity index (χ3n) is 4.87. The molecule has 0 bridgehead atoms. The number of methoxy groups -OCH3 is 1. The molecule has 1 fully saturated rings. The highest BCUT2D eigenvalue weighted by atomic mass is 19.1. The van der Waals surface area contributed by atoms with Crippen LogP contribution in [0.1, 0.15) is 18.4 Å². The lowest BCUT2D eigenvalue weighted by Crippen LogP contribution is -2.45. The number of amides is 1. The average Bonchev–Trinajstić information content (AvgIpc) is 2.69. The first-order valence-corrected chi connectivity index (χ1v) is 9.40. The molecular formula is C20H25FN4O3. The predicted octanol–water partition coefficient (Wildman–Crippen LogP) is 1.36. The highest BCUT2D eigenvalue weighted by molar-refractivity contribution is 5.78. The number of piperidine rings is 1. The molecule has 0 atom stereocenters. The number of rotatable bonds is 7. The summed E-state index contributed by atoms with van der Waals surface area (Å²) in [6, 6.07) is 7.66. The molecule has 0 aliphatic carbocycles. The second-order valence-electron chi connectivity index (χ2n) is 6.90.